The minimum atomic E-state index is -1.85. The number of ether oxygens (including phenoxy) is 1. The van der Waals surface area contributed by atoms with Crippen molar-refractivity contribution in [3.8, 4) is 0 Å². The second-order valence-electron chi connectivity index (χ2n) is 5.25. The summed E-state index contributed by atoms with van der Waals surface area (Å²) < 4.78 is 5.24. The van der Waals surface area contributed by atoms with Crippen LogP contribution in [0.25, 0.3) is 0 Å². The molecule has 4 nitrogen and oxygen atoms in total. The summed E-state index contributed by atoms with van der Waals surface area (Å²) in [6.07, 6.45) is -1.06. The lowest BCUT2D eigenvalue weighted by Gasteiger charge is -2.30. The van der Waals surface area contributed by atoms with Crippen LogP contribution in [0.3, 0.4) is 0 Å². The molecule has 0 heterocycles. The summed E-state index contributed by atoms with van der Waals surface area (Å²) in [5.74, 6) is -0.559. The Bertz CT molecular complexity index is 668. The molecule has 0 saturated carbocycles. The van der Waals surface area contributed by atoms with Gasteiger partial charge in [0.2, 0.25) is 5.12 Å². The van der Waals surface area contributed by atoms with E-state index in [-0.39, 0.29) is 0 Å². The molecule has 0 unspecified atom stereocenters. The first-order valence-corrected chi connectivity index (χ1v) is 7.95. The van der Waals surface area contributed by atoms with Crippen LogP contribution in [-0.2, 0) is 14.3 Å². The number of aliphatic hydroxyl groups is 1. The maximum absolute atomic E-state index is 12.6. The Labute approximate surface area is 139 Å². The quantitative estimate of drug-likeness (QED) is 0.673. The molecular weight excluding hydrogens is 312 g/mol. The first-order chi connectivity index (χ1) is 10.9. The Kier molecular flexibility index (Phi) is 5.58. The average Bonchev–Trinajstić information content (AvgIpc) is 2.54. The van der Waals surface area contributed by atoms with Gasteiger partial charge in [-0.25, -0.2) is 0 Å². The molecule has 120 valence electrons. The Hall–Kier alpha value is -2.11. The minimum Gasteiger partial charge on any atom is -0.454 e. The largest absolute Gasteiger partial charge is 0.454 e. The van der Waals surface area contributed by atoms with Crippen molar-refractivity contribution in [3.63, 3.8) is 0 Å². The van der Waals surface area contributed by atoms with Gasteiger partial charge >= 0.3 is 5.97 Å². The maximum Gasteiger partial charge on any atom is 0.303 e. The lowest BCUT2D eigenvalue weighted by Crippen LogP contribution is -2.42. The van der Waals surface area contributed by atoms with Crippen LogP contribution < -0.4 is 0 Å². The van der Waals surface area contributed by atoms with E-state index in [1.807, 2.05) is 24.3 Å². The van der Waals surface area contributed by atoms with E-state index in [1.54, 1.807) is 36.4 Å². The Morgan fingerprint density at radius 1 is 1.04 bits per heavy atom. The van der Waals surface area contributed by atoms with Gasteiger partial charge in [0.05, 0.1) is 0 Å². The van der Waals surface area contributed by atoms with Crippen molar-refractivity contribution in [2.45, 2.75) is 30.4 Å². The highest BCUT2D eigenvalue weighted by Crippen LogP contribution is 2.35. The number of benzene rings is 2. The number of carbonyl (C=O) groups excluding carboxylic acids is 2. The second kappa shape index (κ2) is 7.44. The van der Waals surface area contributed by atoms with E-state index in [1.165, 1.54) is 13.8 Å². The predicted octanol–water partition coefficient (Wildman–Crippen LogP) is 3.36. The molecule has 0 bridgehead atoms. The van der Waals surface area contributed by atoms with E-state index < -0.39 is 22.8 Å². The van der Waals surface area contributed by atoms with E-state index in [9.17, 15) is 14.7 Å². The molecule has 1 N–H and O–H groups in total. The van der Waals surface area contributed by atoms with Crippen LogP contribution >= 0.6 is 11.8 Å². The fourth-order valence-electron chi connectivity index (χ4n) is 2.11. The number of hydrogen-bond acceptors (Lipinski definition) is 5. The molecule has 23 heavy (non-hydrogen) atoms. The van der Waals surface area contributed by atoms with Crippen molar-refractivity contribution in [1.29, 1.82) is 0 Å². The van der Waals surface area contributed by atoms with Gasteiger partial charge in [0.25, 0.3) is 0 Å². The van der Waals surface area contributed by atoms with Gasteiger partial charge in [0.15, 0.2) is 11.7 Å². The number of esters is 1. The van der Waals surface area contributed by atoms with E-state index in [2.05, 4.69) is 0 Å². The van der Waals surface area contributed by atoms with Gasteiger partial charge in [-0.15, -0.1) is 0 Å². The molecule has 2 atom stereocenters. The fraction of sp³-hybridized carbons (Fsp3) is 0.222. The summed E-state index contributed by atoms with van der Waals surface area (Å²) in [6.45, 7) is 2.62. The van der Waals surface area contributed by atoms with Crippen LogP contribution in [0.5, 0.6) is 0 Å². The summed E-state index contributed by atoms with van der Waals surface area (Å²) in [4.78, 5) is 24.7. The van der Waals surface area contributed by atoms with Gasteiger partial charge in [0.1, 0.15) is 0 Å². The first-order valence-electron chi connectivity index (χ1n) is 7.13. The lowest BCUT2D eigenvalue weighted by molar-refractivity contribution is -0.165. The van der Waals surface area contributed by atoms with E-state index in [4.69, 9.17) is 4.74 Å². The number of hydrogen-bond donors (Lipinski definition) is 1. The summed E-state index contributed by atoms with van der Waals surface area (Å²) in [5, 5.41) is 10.3. The smallest absolute Gasteiger partial charge is 0.303 e. The molecular formula is C18H18O4S. The van der Waals surface area contributed by atoms with Gasteiger partial charge in [-0.1, -0.05) is 48.5 Å². The Morgan fingerprint density at radius 2 is 1.57 bits per heavy atom. The molecule has 0 fully saturated rings. The number of rotatable bonds is 5. The SMILES string of the molecule is CC(=O)O[C@@H](c1ccccc1)[C@@](C)(O)C(=O)Sc1ccccc1. The Balaban J connectivity index is 2.28. The van der Waals surface area contributed by atoms with Crippen LogP contribution in [0.1, 0.15) is 25.5 Å². The molecule has 0 radical (unpaired) electrons. The zero-order valence-electron chi connectivity index (χ0n) is 12.9. The van der Waals surface area contributed by atoms with Crippen LogP contribution in [0.2, 0.25) is 0 Å². The molecule has 0 aliphatic carbocycles. The zero-order chi connectivity index (χ0) is 16.9. The van der Waals surface area contributed by atoms with Crippen molar-refractivity contribution in [3.05, 3.63) is 66.2 Å². The van der Waals surface area contributed by atoms with Crippen LogP contribution in [0.4, 0.5) is 0 Å². The number of carbonyl (C=O) groups is 2. The molecule has 2 aromatic rings. The minimum absolute atomic E-state index is 0.487. The molecule has 0 saturated heterocycles. The van der Waals surface area contributed by atoms with Crippen molar-refractivity contribution >= 4 is 22.8 Å². The van der Waals surface area contributed by atoms with Gasteiger partial charge in [-0.2, -0.15) is 0 Å². The van der Waals surface area contributed by atoms with Crippen molar-refractivity contribution in [1.82, 2.24) is 0 Å². The van der Waals surface area contributed by atoms with Gasteiger partial charge in [0, 0.05) is 11.8 Å². The molecule has 2 aromatic carbocycles. The predicted molar refractivity (Wildman–Crippen MR) is 88.9 cm³/mol. The topological polar surface area (TPSA) is 63.6 Å². The summed E-state index contributed by atoms with van der Waals surface area (Å²) in [6, 6.07) is 17.8. The third-order valence-electron chi connectivity index (χ3n) is 3.26. The van der Waals surface area contributed by atoms with E-state index in [0.717, 1.165) is 11.8 Å². The molecule has 0 spiro atoms. The summed E-state index contributed by atoms with van der Waals surface area (Å²) >= 11 is 0.920. The monoisotopic (exact) mass is 330 g/mol. The van der Waals surface area contributed by atoms with Crippen molar-refractivity contribution in [2.24, 2.45) is 0 Å². The molecule has 0 aliphatic heterocycles. The second-order valence-corrected chi connectivity index (χ2v) is 6.30. The van der Waals surface area contributed by atoms with Crippen LogP contribution in [-0.4, -0.2) is 21.8 Å². The van der Waals surface area contributed by atoms with Crippen molar-refractivity contribution < 1.29 is 19.4 Å². The third kappa shape index (κ3) is 4.43. The molecule has 0 aromatic heterocycles. The highest BCUT2D eigenvalue weighted by molar-refractivity contribution is 8.13. The van der Waals surface area contributed by atoms with Gasteiger partial charge < -0.3 is 9.84 Å². The third-order valence-corrected chi connectivity index (χ3v) is 4.37. The maximum atomic E-state index is 12.6. The van der Waals surface area contributed by atoms with E-state index in [0.29, 0.717) is 10.5 Å². The summed E-state index contributed by atoms with van der Waals surface area (Å²) in [5.41, 5.74) is -1.29. The summed E-state index contributed by atoms with van der Waals surface area (Å²) in [7, 11) is 0. The van der Waals surface area contributed by atoms with E-state index >= 15 is 0 Å². The highest BCUT2D eigenvalue weighted by Gasteiger charge is 2.43. The normalized spacial score (nSPS) is 14.6. The Morgan fingerprint density at radius 3 is 2.09 bits per heavy atom. The number of thioether (sulfide) groups is 1. The lowest BCUT2D eigenvalue weighted by atomic mass is 9.94. The van der Waals surface area contributed by atoms with Crippen LogP contribution in [0, 0.1) is 0 Å². The first kappa shape index (κ1) is 17.2. The average molecular weight is 330 g/mol. The van der Waals surface area contributed by atoms with Gasteiger partial charge in [-0.3, -0.25) is 9.59 Å². The molecule has 5 heteroatoms. The highest BCUT2D eigenvalue weighted by atomic mass is 32.2. The fourth-order valence-corrected chi connectivity index (χ4v) is 2.93. The standard InChI is InChI=1S/C18H18O4S/c1-13(19)22-16(14-9-5-3-6-10-14)18(2,21)17(20)23-15-11-7-4-8-12-15/h3-12,16,21H,1-2H3/t16-,18+/m0/s1. The van der Waals surface area contributed by atoms with Crippen LogP contribution in [0.15, 0.2) is 65.6 Å². The molecule has 0 aliphatic rings. The van der Waals surface area contributed by atoms with Crippen molar-refractivity contribution in [2.75, 3.05) is 0 Å². The zero-order valence-corrected chi connectivity index (χ0v) is 13.7. The molecule has 2 rings (SSSR count). The molecule has 0 amide bonds. The van der Waals surface area contributed by atoms with Gasteiger partial charge in [-0.05, 0) is 36.4 Å².